The van der Waals surface area contributed by atoms with Crippen LogP contribution in [-0.4, -0.2) is 36.1 Å². The molecule has 0 amide bonds. The zero-order valence-corrected chi connectivity index (χ0v) is 13.2. The van der Waals surface area contributed by atoms with Crippen molar-refractivity contribution in [1.82, 2.24) is 9.97 Å². The van der Waals surface area contributed by atoms with Crippen molar-refractivity contribution in [1.29, 1.82) is 5.26 Å². The molecule has 1 atom stereocenters. The van der Waals surface area contributed by atoms with Crippen LogP contribution in [0.2, 0.25) is 0 Å². The molecule has 5 nitrogen and oxygen atoms in total. The van der Waals surface area contributed by atoms with Crippen molar-refractivity contribution >= 4 is 11.6 Å². The van der Waals surface area contributed by atoms with Gasteiger partial charge in [-0.2, -0.15) is 5.26 Å². The number of aryl methyl sites for hydroxylation is 1. The zero-order valence-electron chi connectivity index (χ0n) is 13.2. The minimum absolute atomic E-state index is 0.258. The van der Waals surface area contributed by atoms with Gasteiger partial charge in [0.15, 0.2) is 0 Å². The van der Waals surface area contributed by atoms with Crippen molar-refractivity contribution in [3.05, 3.63) is 47.5 Å². The lowest BCUT2D eigenvalue weighted by molar-refractivity contribution is 0.627. The van der Waals surface area contributed by atoms with E-state index in [1.807, 2.05) is 20.0 Å². The first-order valence-electron chi connectivity index (χ1n) is 7.55. The molecule has 0 aliphatic carbocycles. The normalized spacial score (nSPS) is 17.1. The third kappa shape index (κ3) is 3.09. The molecule has 6 heteroatoms. The van der Waals surface area contributed by atoms with Gasteiger partial charge in [-0.25, -0.2) is 14.4 Å². The number of aromatic nitrogens is 2. The maximum Gasteiger partial charge on any atom is 0.225 e. The van der Waals surface area contributed by atoms with Crippen LogP contribution in [0, 0.1) is 24.1 Å². The molecule has 1 fully saturated rings. The predicted molar refractivity (Wildman–Crippen MR) is 86.9 cm³/mol. The molecule has 0 bridgehead atoms. The lowest BCUT2D eigenvalue weighted by Gasteiger charge is -2.26. The van der Waals surface area contributed by atoms with E-state index < -0.39 is 0 Å². The van der Waals surface area contributed by atoms with E-state index in [1.54, 1.807) is 12.3 Å². The molecule has 1 saturated heterocycles. The number of hydrogen-bond acceptors (Lipinski definition) is 5. The van der Waals surface area contributed by atoms with Crippen LogP contribution in [0.15, 0.2) is 30.5 Å². The first-order valence-corrected chi connectivity index (χ1v) is 7.55. The lowest BCUT2D eigenvalue weighted by Crippen LogP contribution is -2.35. The van der Waals surface area contributed by atoms with E-state index in [4.69, 9.17) is 0 Å². The maximum atomic E-state index is 13.3. The highest BCUT2D eigenvalue weighted by atomic mass is 19.1. The highest BCUT2D eigenvalue weighted by Gasteiger charge is 2.28. The largest absolute Gasteiger partial charge is 0.368 e. The predicted octanol–water partition coefficient (Wildman–Crippen LogP) is 2.51. The van der Waals surface area contributed by atoms with Gasteiger partial charge in [0.1, 0.15) is 11.9 Å². The van der Waals surface area contributed by atoms with E-state index in [-0.39, 0.29) is 11.9 Å². The van der Waals surface area contributed by atoms with Crippen LogP contribution in [0.3, 0.4) is 0 Å². The number of rotatable bonds is 3. The monoisotopic (exact) mass is 311 g/mol. The van der Waals surface area contributed by atoms with E-state index in [0.717, 1.165) is 30.9 Å². The molecule has 0 radical (unpaired) electrons. The number of benzene rings is 1. The summed E-state index contributed by atoms with van der Waals surface area (Å²) < 4.78 is 13.3. The second-order valence-electron chi connectivity index (χ2n) is 5.77. The van der Waals surface area contributed by atoms with E-state index in [0.29, 0.717) is 11.5 Å². The molecular weight excluding hydrogens is 293 g/mol. The van der Waals surface area contributed by atoms with E-state index >= 15 is 0 Å². The van der Waals surface area contributed by atoms with Gasteiger partial charge in [-0.1, -0.05) is 0 Å². The molecule has 1 aromatic carbocycles. The Kier molecular flexibility index (Phi) is 4.11. The molecular formula is C17H18FN5. The summed E-state index contributed by atoms with van der Waals surface area (Å²) in [4.78, 5) is 13.0. The topological polar surface area (TPSA) is 56.1 Å². The number of likely N-dealkylation sites (N-methyl/N-ethyl adjacent to an activating group) is 1. The quantitative estimate of drug-likeness (QED) is 0.872. The van der Waals surface area contributed by atoms with Crippen molar-refractivity contribution in [3.8, 4) is 6.07 Å². The summed E-state index contributed by atoms with van der Waals surface area (Å²) in [7, 11) is 1.98. The Morgan fingerprint density at radius 2 is 2.22 bits per heavy atom. The summed E-state index contributed by atoms with van der Waals surface area (Å²) in [6.07, 6.45) is 2.70. The summed E-state index contributed by atoms with van der Waals surface area (Å²) in [5.74, 6) is 0.322. The van der Waals surface area contributed by atoms with Crippen LogP contribution >= 0.6 is 0 Å². The molecule has 0 spiro atoms. The molecule has 2 heterocycles. The van der Waals surface area contributed by atoms with E-state index in [9.17, 15) is 9.65 Å². The number of halogens is 1. The van der Waals surface area contributed by atoms with Gasteiger partial charge in [-0.3, -0.25) is 0 Å². The minimum atomic E-state index is -0.383. The highest BCUT2D eigenvalue weighted by Crippen LogP contribution is 2.27. The fourth-order valence-electron chi connectivity index (χ4n) is 2.92. The molecule has 1 unspecified atom stereocenters. The molecule has 23 heavy (non-hydrogen) atoms. The summed E-state index contributed by atoms with van der Waals surface area (Å²) >= 11 is 0. The number of nitrogens with zero attached hydrogens (tertiary/aromatic N) is 5. The van der Waals surface area contributed by atoms with Gasteiger partial charge in [-0.05, 0) is 37.6 Å². The van der Waals surface area contributed by atoms with Crippen LogP contribution in [0.5, 0.6) is 0 Å². The molecule has 2 aromatic rings. The summed E-state index contributed by atoms with van der Waals surface area (Å²) in [5.41, 5.74) is 2.09. The van der Waals surface area contributed by atoms with Gasteiger partial charge < -0.3 is 9.80 Å². The van der Waals surface area contributed by atoms with Crippen molar-refractivity contribution < 1.29 is 4.39 Å². The second kappa shape index (κ2) is 6.21. The minimum Gasteiger partial charge on any atom is -0.368 e. The molecule has 1 aliphatic rings. The van der Waals surface area contributed by atoms with Crippen molar-refractivity contribution in [2.24, 2.45) is 0 Å². The third-order valence-electron chi connectivity index (χ3n) is 4.23. The summed E-state index contributed by atoms with van der Waals surface area (Å²) in [6.45, 7) is 3.52. The average molecular weight is 311 g/mol. The first-order chi connectivity index (χ1) is 11.1. The van der Waals surface area contributed by atoms with E-state index in [1.165, 1.54) is 12.1 Å². The number of nitriles is 1. The van der Waals surface area contributed by atoms with Crippen molar-refractivity contribution in [2.45, 2.75) is 19.4 Å². The van der Waals surface area contributed by atoms with Crippen LogP contribution in [0.25, 0.3) is 0 Å². The van der Waals surface area contributed by atoms with Crippen molar-refractivity contribution in [3.63, 3.8) is 0 Å². The Bertz CT molecular complexity index is 755. The lowest BCUT2D eigenvalue weighted by atomic mass is 10.1. The number of hydrogen-bond donors (Lipinski definition) is 0. The Hall–Kier alpha value is -2.68. The van der Waals surface area contributed by atoms with Gasteiger partial charge in [0.05, 0.1) is 17.3 Å². The Morgan fingerprint density at radius 3 is 2.96 bits per heavy atom. The van der Waals surface area contributed by atoms with Gasteiger partial charge in [0.2, 0.25) is 5.95 Å². The molecule has 1 aliphatic heterocycles. The average Bonchev–Trinajstić information content (AvgIpc) is 3.03. The molecule has 0 N–H and O–H groups in total. The number of anilines is 2. The Balaban J connectivity index is 1.77. The van der Waals surface area contributed by atoms with Gasteiger partial charge >= 0.3 is 0 Å². The smallest absolute Gasteiger partial charge is 0.225 e. The highest BCUT2D eigenvalue weighted by molar-refractivity contribution is 5.60. The van der Waals surface area contributed by atoms with Gasteiger partial charge in [-0.15, -0.1) is 0 Å². The van der Waals surface area contributed by atoms with Crippen LogP contribution in [0.1, 0.15) is 17.7 Å². The van der Waals surface area contributed by atoms with Gasteiger partial charge in [0, 0.05) is 32.0 Å². The fraction of sp³-hybridized carbons (Fsp3) is 0.353. The standard InChI is InChI=1S/C17H18FN5/c1-12-5-7-20-17(21-12)22(2)15-6-8-23(11-15)16-4-3-14(18)9-13(16)10-19/h3-5,7,9,15H,6,8,11H2,1-2H3. The molecule has 3 rings (SSSR count). The summed E-state index contributed by atoms with van der Waals surface area (Å²) in [5, 5.41) is 9.21. The van der Waals surface area contributed by atoms with Crippen molar-refractivity contribution in [2.75, 3.05) is 29.9 Å². The van der Waals surface area contributed by atoms with E-state index in [2.05, 4.69) is 25.8 Å². The van der Waals surface area contributed by atoms with Crippen LogP contribution in [-0.2, 0) is 0 Å². The van der Waals surface area contributed by atoms with Crippen LogP contribution < -0.4 is 9.80 Å². The first kappa shape index (κ1) is 15.2. The van der Waals surface area contributed by atoms with Crippen LogP contribution in [0.4, 0.5) is 16.0 Å². The zero-order chi connectivity index (χ0) is 16.4. The third-order valence-corrected chi connectivity index (χ3v) is 4.23. The maximum absolute atomic E-state index is 13.3. The second-order valence-corrected chi connectivity index (χ2v) is 5.77. The molecule has 1 aromatic heterocycles. The molecule has 118 valence electrons. The SMILES string of the molecule is Cc1ccnc(N(C)C2CCN(c3ccc(F)cc3C#N)C2)n1. The molecule has 0 saturated carbocycles. The van der Waals surface area contributed by atoms with Gasteiger partial charge in [0.25, 0.3) is 0 Å². The summed E-state index contributed by atoms with van der Waals surface area (Å²) in [6, 6.07) is 8.57. The Morgan fingerprint density at radius 1 is 1.39 bits per heavy atom. The fourth-order valence-corrected chi connectivity index (χ4v) is 2.92. The Labute approximate surface area is 135 Å².